The monoisotopic (exact) mass is 654 g/mol. The van der Waals surface area contributed by atoms with Crippen LogP contribution in [0.2, 0.25) is 0 Å². The first-order valence-electron chi connectivity index (χ1n) is 20.8. The van der Waals surface area contributed by atoms with Crippen molar-refractivity contribution < 1.29 is 20.1 Å². The normalized spacial score (nSPS) is 13.6. The SMILES string of the molecule is CCCCCCCCCCCCCCCCCCCCCCCCCCC(O)C(CO)NC(=O)C(O)CCCCCCCCCC. The molecule has 0 aliphatic carbocycles. The lowest BCUT2D eigenvalue weighted by Crippen LogP contribution is -2.49. The second-order valence-corrected chi connectivity index (χ2v) is 14.6. The Morgan fingerprint density at radius 2 is 0.696 bits per heavy atom. The van der Waals surface area contributed by atoms with Gasteiger partial charge in [0.05, 0.1) is 18.8 Å². The minimum atomic E-state index is -1.06. The third-order valence-electron chi connectivity index (χ3n) is 9.98. The van der Waals surface area contributed by atoms with Gasteiger partial charge in [-0.15, -0.1) is 0 Å². The van der Waals surface area contributed by atoms with E-state index >= 15 is 0 Å². The number of aliphatic hydroxyl groups excluding tert-OH is 3. The number of carbonyl (C=O) groups is 1. The predicted octanol–water partition coefficient (Wildman–Crippen LogP) is 11.5. The Bertz CT molecular complexity index is 601. The standard InChI is InChI=1S/C41H83NO4/c1-3-5-7-9-11-13-14-15-16-17-18-19-20-21-22-23-24-25-26-27-28-30-31-33-35-39(44)38(37-43)42-41(46)40(45)36-34-32-29-12-10-8-6-4-2/h38-40,43-45H,3-37H2,1-2H3,(H,42,46). The quantitative estimate of drug-likeness (QED) is 0.0499. The van der Waals surface area contributed by atoms with Crippen LogP contribution in [0.1, 0.15) is 232 Å². The van der Waals surface area contributed by atoms with Crippen molar-refractivity contribution in [1.82, 2.24) is 5.32 Å². The molecule has 0 radical (unpaired) electrons. The molecule has 0 rings (SSSR count). The minimum absolute atomic E-state index is 0.309. The number of nitrogens with one attached hydrogen (secondary N) is 1. The third-order valence-corrected chi connectivity index (χ3v) is 9.98. The molecule has 0 aromatic carbocycles. The van der Waals surface area contributed by atoms with Crippen molar-refractivity contribution in [2.75, 3.05) is 6.61 Å². The molecule has 0 bridgehead atoms. The second-order valence-electron chi connectivity index (χ2n) is 14.6. The number of unbranched alkanes of at least 4 members (excludes halogenated alkanes) is 30. The Balaban J connectivity index is 3.50. The van der Waals surface area contributed by atoms with Crippen LogP contribution in [0.4, 0.5) is 0 Å². The summed E-state index contributed by atoms with van der Waals surface area (Å²) in [5, 5.41) is 33.1. The first kappa shape index (κ1) is 45.3. The molecule has 0 aliphatic heterocycles. The van der Waals surface area contributed by atoms with Crippen LogP contribution in [-0.2, 0) is 4.79 Å². The largest absolute Gasteiger partial charge is 0.394 e. The predicted molar refractivity (Wildman–Crippen MR) is 199 cm³/mol. The second kappa shape index (κ2) is 37.2. The zero-order valence-electron chi connectivity index (χ0n) is 31.2. The molecule has 0 spiro atoms. The summed E-state index contributed by atoms with van der Waals surface area (Å²) in [5.41, 5.74) is 0. The van der Waals surface area contributed by atoms with Gasteiger partial charge in [-0.25, -0.2) is 0 Å². The molecule has 0 aromatic heterocycles. The highest BCUT2D eigenvalue weighted by atomic mass is 16.3. The van der Waals surface area contributed by atoms with Gasteiger partial charge >= 0.3 is 0 Å². The molecule has 0 heterocycles. The minimum Gasteiger partial charge on any atom is -0.394 e. The van der Waals surface area contributed by atoms with Crippen LogP contribution in [0, 0.1) is 0 Å². The van der Waals surface area contributed by atoms with E-state index in [1.54, 1.807) is 0 Å². The maximum Gasteiger partial charge on any atom is 0.249 e. The van der Waals surface area contributed by atoms with Crippen molar-refractivity contribution in [1.29, 1.82) is 0 Å². The number of rotatable bonds is 38. The van der Waals surface area contributed by atoms with Gasteiger partial charge in [0, 0.05) is 0 Å². The Hall–Kier alpha value is -0.650. The van der Waals surface area contributed by atoms with E-state index in [-0.39, 0.29) is 6.61 Å². The maximum absolute atomic E-state index is 12.4. The van der Waals surface area contributed by atoms with E-state index in [9.17, 15) is 20.1 Å². The molecule has 276 valence electrons. The zero-order valence-corrected chi connectivity index (χ0v) is 31.2. The summed E-state index contributed by atoms with van der Waals surface area (Å²) >= 11 is 0. The van der Waals surface area contributed by atoms with Crippen LogP contribution < -0.4 is 5.32 Å². The fourth-order valence-corrected chi connectivity index (χ4v) is 6.66. The van der Waals surface area contributed by atoms with Crippen molar-refractivity contribution in [3.05, 3.63) is 0 Å². The van der Waals surface area contributed by atoms with E-state index in [1.807, 2.05) is 0 Å². The van der Waals surface area contributed by atoms with Crippen molar-refractivity contribution in [3.8, 4) is 0 Å². The summed E-state index contributed by atoms with van der Waals surface area (Å²) in [6.45, 7) is 4.20. The van der Waals surface area contributed by atoms with E-state index in [4.69, 9.17) is 0 Å². The molecule has 3 unspecified atom stereocenters. The lowest BCUT2D eigenvalue weighted by molar-refractivity contribution is -0.131. The van der Waals surface area contributed by atoms with Gasteiger partial charge < -0.3 is 20.6 Å². The van der Waals surface area contributed by atoms with Crippen LogP contribution in [0.25, 0.3) is 0 Å². The van der Waals surface area contributed by atoms with Crippen molar-refractivity contribution in [2.24, 2.45) is 0 Å². The Kier molecular flexibility index (Phi) is 36.6. The first-order valence-corrected chi connectivity index (χ1v) is 20.8. The highest BCUT2D eigenvalue weighted by molar-refractivity contribution is 5.80. The van der Waals surface area contributed by atoms with Gasteiger partial charge in [0.15, 0.2) is 0 Å². The fourth-order valence-electron chi connectivity index (χ4n) is 6.66. The van der Waals surface area contributed by atoms with E-state index in [2.05, 4.69) is 19.2 Å². The van der Waals surface area contributed by atoms with E-state index in [1.165, 1.54) is 173 Å². The molecule has 0 fully saturated rings. The lowest BCUT2D eigenvalue weighted by atomic mass is 10.0. The number of carbonyl (C=O) groups excluding carboxylic acids is 1. The summed E-state index contributed by atoms with van der Waals surface area (Å²) in [6, 6.07) is -0.703. The van der Waals surface area contributed by atoms with Crippen LogP contribution in [0.15, 0.2) is 0 Å². The molecule has 5 heteroatoms. The summed E-state index contributed by atoms with van der Waals surface area (Å²) in [4.78, 5) is 12.4. The highest BCUT2D eigenvalue weighted by Gasteiger charge is 2.23. The van der Waals surface area contributed by atoms with Crippen molar-refractivity contribution in [2.45, 2.75) is 250 Å². The number of amides is 1. The molecule has 0 saturated carbocycles. The van der Waals surface area contributed by atoms with E-state index in [0.29, 0.717) is 12.8 Å². The average Bonchev–Trinajstić information content (AvgIpc) is 3.06. The Labute approximate surface area is 287 Å². The zero-order chi connectivity index (χ0) is 33.8. The Morgan fingerprint density at radius 1 is 0.435 bits per heavy atom. The molecule has 46 heavy (non-hydrogen) atoms. The summed E-state index contributed by atoms with van der Waals surface area (Å²) < 4.78 is 0. The van der Waals surface area contributed by atoms with Gasteiger partial charge in [-0.3, -0.25) is 4.79 Å². The summed E-state index contributed by atoms with van der Waals surface area (Å²) in [6.07, 6.45) is 41.2. The highest BCUT2D eigenvalue weighted by Crippen LogP contribution is 2.17. The molecule has 5 nitrogen and oxygen atoms in total. The van der Waals surface area contributed by atoms with Gasteiger partial charge in [0.2, 0.25) is 5.91 Å². The molecule has 3 atom stereocenters. The van der Waals surface area contributed by atoms with Crippen LogP contribution in [-0.4, -0.2) is 46.1 Å². The molecular formula is C41H83NO4. The van der Waals surface area contributed by atoms with Crippen LogP contribution in [0.5, 0.6) is 0 Å². The van der Waals surface area contributed by atoms with Gasteiger partial charge in [0.25, 0.3) is 0 Å². The smallest absolute Gasteiger partial charge is 0.249 e. The molecule has 0 aliphatic rings. The third kappa shape index (κ3) is 31.9. The lowest BCUT2D eigenvalue weighted by Gasteiger charge is -2.23. The molecule has 0 saturated heterocycles. The van der Waals surface area contributed by atoms with Gasteiger partial charge in [-0.05, 0) is 12.8 Å². The fraction of sp³-hybridized carbons (Fsp3) is 0.976. The molecule has 0 aromatic rings. The summed E-state index contributed by atoms with van der Waals surface area (Å²) in [5.74, 6) is -0.472. The van der Waals surface area contributed by atoms with E-state index in [0.717, 1.165) is 32.1 Å². The average molecular weight is 654 g/mol. The van der Waals surface area contributed by atoms with Crippen molar-refractivity contribution >= 4 is 5.91 Å². The maximum atomic E-state index is 12.4. The first-order chi connectivity index (χ1) is 22.6. The Morgan fingerprint density at radius 3 is 0.978 bits per heavy atom. The number of hydrogen-bond acceptors (Lipinski definition) is 4. The number of hydrogen-bond donors (Lipinski definition) is 4. The van der Waals surface area contributed by atoms with Crippen LogP contribution >= 0.6 is 0 Å². The van der Waals surface area contributed by atoms with Crippen molar-refractivity contribution in [3.63, 3.8) is 0 Å². The number of aliphatic hydroxyl groups is 3. The van der Waals surface area contributed by atoms with E-state index < -0.39 is 24.2 Å². The summed E-state index contributed by atoms with van der Waals surface area (Å²) in [7, 11) is 0. The van der Waals surface area contributed by atoms with Crippen LogP contribution in [0.3, 0.4) is 0 Å². The molecule has 1 amide bonds. The molecular weight excluding hydrogens is 570 g/mol. The van der Waals surface area contributed by atoms with Gasteiger partial charge in [-0.1, -0.05) is 219 Å². The molecule has 4 N–H and O–H groups in total. The topological polar surface area (TPSA) is 89.8 Å². The van der Waals surface area contributed by atoms with Gasteiger partial charge in [0.1, 0.15) is 6.10 Å². The van der Waals surface area contributed by atoms with Gasteiger partial charge in [-0.2, -0.15) is 0 Å².